The van der Waals surface area contributed by atoms with Crippen molar-refractivity contribution in [1.82, 2.24) is 0 Å². The van der Waals surface area contributed by atoms with Gasteiger partial charge >= 0.3 is 5.97 Å². The van der Waals surface area contributed by atoms with Crippen LogP contribution in [0, 0.1) is 0 Å². The summed E-state index contributed by atoms with van der Waals surface area (Å²) in [6, 6.07) is 16.7. The molecule has 2 N–H and O–H groups in total. The van der Waals surface area contributed by atoms with Gasteiger partial charge in [-0.15, -0.1) is 0 Å². The molecule has 0 bridgehead atoms. The minimum atomic E-state index is -0.635. The molecule has 20 heavy (non-hydrogen) atoms. The van der Waals surface area contributed by atoms with Gasteiger partial charge in [0.1, 0.15) is 12.6 Å². The van der Waals surface area contributed by atoms with Crippen molar-refractivity contribution in [3.8, 4) is 0 Å². The molecule has 0 saturated carbocycles. The van der Waals surface area contributed by atoms with Gasteiger partial charge in [0.2, 0.25) is 0 Å². The Kier molecular flexibility index (Phi) is 5.32. The number of carbonyl (C=O) groups is 1. The molecule has 0 aliphatic carbocycles. The van der Waals surface area contributed by atoms with Crippen LogP contribution in [0.15, 0.2) is 59.1 Å². The van der Waals surface area contributed by atoms with Crippen molar-refractivity contribution in [1.29, 1.82) is 0 Å². The lowest BCUT2D eigenvalue weighted by Crippen LogP contribution is -2.34. The number of nitrogens with two attached hydrogens (primary N) is 1. The molecule has 104 valence electrons. The first-order valence-corrected chi connectivity index (χ1v) is 7.15. The van der Waals surface area contributed by atoms with Gasteiger partial charge in [-0.3, -0.25) is 4.79 Å². The molecule has 0 aromatic heterocycles. The van der Waals surface area contributed by atoms with Gasteiger partial charge in [0, 0.05) is 4.47 Å². The summed E-state index contributed by atoms with van der Waals surface area (Å²) in [5.74, 6) is -0.381. The molecule has 0 radical (unpaired) electrons. The normalized spacial score (nSPS) is 11.9. The second kappa shape index (κ2) is 7.22. The van der Waals surface area contributed by atoms with E-state index >= 15 is 0 Å². The zero-order valence-corrected chi connectivity index (χ0v) is 12.5. The Bertz CT molecular complexity index is 572. The van der Waals surface area contributed by atoms with Crippen molar-refractivity contribution in [2.75, 3.05) is 0 Å². The Morgan fingerprint density at radius 1 is 1.10 bits per heavy atom. The van der Waals surface area contributed by atoms with E-state index in [1.807, 2.05) is 54.6 Å². The van der Waals surface area contributed by atoms with Crippen LogP contribution in [-0.2, 0) is 22.6 Å². The number of carbonyl (C=O) groups excluding carboxylic acids is 1. The molecule has 2 aromatic rings. The Morgan fingerprint density at radius 2 is 1.80 bits per heavy atom. The number of hydrogen-bond donors (Lipinski definition) is 1. The number of esters is 1. The van der Waals surface area contributed by atoms with Gasteiger partial charge in [-0.1, -0.05) is 58.4 Å². The Labute approximate surface area is 126 Å². The first-order chi connectivity index (χ1) is 9.65. The van der Waals surface area contributed by atoms with E-state index in [0.29, 0.717) is 6.42 Å². The molecular formula is C16H16BrNO2. The first-order valence-electron chi connectivity index (χ1n) is 6.36. The highest BCUT2D eigenvalue weighted by molar-refractivity contribution is 9.10. The van der Waals surface area contributed by atoms with Gasteiger partial charge in [0.25, 0.3) is 0 Å². The zero-order valence-electron chi connectivity index (χ0n) is 11.0. The predicted octanol–water partition coefficient (Wildman–Crippen LogP) is 3.06. The summed E-state index contributed by atoms with van der Waals surface area (Å²) >= 11 is 3.38. The molecule has 0 amide bonds. The molecule has 4 heteroatoms. The highest BCUT2D eigenvalue weighted by Crippen LogP contribution is 2.12. The molecule has 0 saturated heterocycles. The molecule has 0 heterocycles. The topological polar surface area (TPSA) is 52.3 Å². The van der Waals surface area contributed by atoms with Crippen molar-refractivity contribution >= 4 is 21.9 Å². The van der Waals surface area contributed by atoms with Gasteiger partial charge in [-0.05, 0) is 29.7 Å². The van der Waals surface area contributed by atoms with E-state index in [2.05, 4.69) is 15.9 Å². The highest BCUT2D eigenvalue weighted by atomic mass is 79.9. The summed E-state index contributed by atoms with van der Waals surface area (Å²) in [5.41, 5.74) is 7.82. The lowest BCUT2D eigenvalue weighted by molar-refractivity contribution is -0.146. The second-order valence-electron chi connectivity index (χ2n) is 4.53. The van der Waals surface area contributed by atoms with E-state index in [0.717, 1.165) is 15.6 Å². The van der Waals surface area contributed by atoms with Gasteiger partial charge in [0.15, 0.2) is 0 Å². The van der Waals surface area contributed by atoms with Crippen LogP contribution in [0.3, 0.4) is 0 Å². The largest absolute Gasteiger partial charge is 0.460 e. The van der Waals surface area contributed by atoms with E-state index in [4.69, 9.17) is 10.5 Å². The molecule has 2 rings (SSSR count). The number of halogens is 1. The summed E-state index contributed by atoms with van der Waals surface area (Å²) in [4.78, 5) is 11.8. The maximum Gasteiger partial charge on any atom is 0.323 e. The minimum Gasteiger partial charge on any atom is -0.460 e. The number of rotatable bonds is 5. The van der Waals surface area contributed by atoms with E-state index in [1.165, 1.54) is 0 Å². The highest BCUT2D eigenvalue weighted by Gasteiger charge is 2.15. The number of ether oxygens (including phenoxy) is 1. The summed E-state index contributed by atoms with van der Waals surface area (Å²) in [6.07, 6.45) is 0.484. The smallest absolute Gasteiger partial charge is 0.323 e. The minimum absolute atomic E-state index is 0.237. The van der Waals surface area contributed by atoms with Crippen molar-refractivity contribution < 1.29 is 9.53 Å². The van der Waals surface area contributed by atoms with Gasteiger partial charge < -0.3 is 10.5 Å². The quantitative estimate of drug-likeness (QED) is 0.855. The third kappa shape index (κ3) is 4.47. The standard InChI is InChI=1S/C16H16BrNO2/c17-14-8-4-7-13(9-14)11-20-16(19)15(18)10-12-5-2-1-3-6-12/h1-9,15H,10-11,18H2/t15-/m1/s1. The van der Waals surface area contributed by atoms with Crippen molar-refractivity contribution in [2.24, 2.45) is 5.73 Å². The van der Waals surface area contributed by atoms with Gasteiger partial charge in [-0.2, -0.15) is 0 Å². The van der Waals surface area contributed by atoms with Crippen molar-refractivity contribution in [2.45, 2.75) is 19.1 Å². The van der Waals surface area contributed by atoms with Crippen LogP contribution in [0.2, 0.25) is 0 Å². The van der Waals surface area contributed by atoms with E-state index < -0.39 is 6.04 Å². The van der Waals surface area contributed by atoms with Crippen LogP contribution in [0.5, 0.6) is 0 Å². The molecule has 0 spiro atoms. The fraction of sp³-hybridized carbons (Fsp3) is 0.188. The van der Waals surface area contributed by atoms with Crippen molar-refractivity contribution in [3.63, 3.8) is 0 Å². The van der Waals surface area contributed by atoms with Crippen molar-refractivity contribution in [3.05, 3.63) is 70.2 Å². The molecule has 1 atom stereocenters. The van der Waals surface area contributed by atoms with Crippen LogP contribution in [0.1, 0.15) is 11.1 Å². The van der Waals surface area contributed by atoms with Crippen LogP contribution >= 0.6 is 15.9 Å². The van der Waals surface area contributed by atoms with Crippen LogP contribution < -0.4 is 5.73 Å². The molecule has 0 fully saturated rings. The monoisotopic (exact) mass is 333 g/mol. The maximum atomic E-state index is 11.8. The van der Waals surface area contributed by atoms with E-state index in [-0.39, 0.29) is 12.6 Å². The van der Waals surface area contributed by atoms with E-state index in [9.17, 15) is 4.79 Å². The second-order valence-corrected chi connectivity index (χ2v) is 5.45. The summed E-state index contributed by atoms with van der Waals surface area (Å²) in [7, 11) is 0. The lowest BCUT2D eigenvalue weighted by atomic mass is 10.1. The fourth-order valence-electron chi connectivity index (χ4n) is 1.84. The first kappa shape index (κ1) is 14.8. The fourth-order valence-corrected chi connectivity index (χ4v) is 2.29. The predicted molar refractivity (Wildman–Crippen MR) is 82.1 cm³/mol. The third-order valence-corrected chi connectivity index (χ3v) is 3.36. The molecule has 0 aliphatic rings. The summed E-state index contributed by atoms with van der Waals surface area (Å²) in [5, 5.41) is 0. The Hall–Kier alpha value is -1.65. The molecule has 0 unspecified atom stereocenters. The van der Waals surface area contributed by atoms with Gasteiger partial charge in [-0.25, -0.2) is 0 Å². The summed E-state index contributed by atoms with van der Waals surface area (Å²) in [6.45, 7) is 0.237. The Morgan fingerprint density at radius 3 is 2.50 bits per heavy atom. The zero-order chi connectivity index (χ0) is 14.4. The average Bonchev–Trinajstić information content (AvgIpc) is 2.46. The number of benzene rings is 2. The number of hydrogen-bond acceptors (Lipinski definition) is 3. The molecule has 0 aliphatic heterocycles. The average molecular weight is 334 g/mol. The van der Waals surface area contributed by atoms with Gasteiger partial charge in [0.05, 0.1) is 0 Å². The van der Waals surface area contributed by atoms with Crippen LogP contribution in [0.4, 0.5) is 0 Å². The van der Waals surface area contributed by atoms with Crippen LogP contribution in [0.25, 0.3) is 0 Å². The molecule has 3 nitrogen and oxygen atoms in total. The van der Waals surface area contributed by atoms with Crippen LogP contribution in [-0.4, -0.2) is 12.0 Å². The lowest BCUT2D eigenvalue weighted by Gasteiger charge is -2.11. The third-order valence-electron chi connectivity index (χ3n) is 2.87. The van der Waals surface area contributed by atoms with E-state index in [1.54, 1.807) is 0 Å². The SMILES string of the molecule is N[C@H](Cc1ccccc1)C(=O)OCc1cccc(Br)c1. The Balaban J connectivity index is 1.85. The summed E-state index contributed by atoms with van der Waals surface area (Å²) < 4.78 is 6.19. The maximum absolute atomic E-state index is 11.8. The molecular weight excluding hydrogens is 318 g/mol. The molecule has 2 aromatic carbocycles.